The molecule has 0 spiro atoms. The smallest absolute Gasteiger partial charge is 0.337 e. The number of carbonyl (C=O) groups is 2. The number of urea groups is 1. The summed E-state index contributed by atoms with van der Waals surface area (Å²) in [6.07, 6.45) is 0.743. The fraction of sp³-hybridized carbons (Fsp3) is 0.300. The van der Waals surface area contributed by atoms with Gasteiger partial charge in [-0.3, -0.25) is 4.90 Å². The maximum atomic E-state index is 12.6. The Balaban J connectivity index is 1.99. The molecule has 0 bridgehead atoms. The Morgan fingerprint density at radius 3 is 2.31 bits per heavy atom. The first-order valence-electron chi connectivity index (χ1n) is 8.42. The third kappa shape index (κ3) is 5.60. The maximum absolute atomic E-state index is 12.6. The lowest BCUT2D eigenvalue weighted by atomic mass is 10.1. The van der Waals surface area contributed by atoms with Crippen molar-refractivity contribution in [1.29, 1.82) is 0 Å². The van der Waals surface area contributed by atoms with Crippen molar-refractivity contribution in [3.05, 3.63) is 65.7 Å². The SMILES string of the molecule is COCCCN(C(=O)NCc1ccc(C(=O)OC)cc1)c1ccccc1. The lowest BCUT2D eigenvalue weighted by molar-refractivity contribution is 0.0600. The number of nitrogens with zero attached hydrogens (tertiary/aromatic N) is 1. The van der Waals surface area contributed by atoms with Crippen molar-refractivity contribution in [3.63, 3.8) is 0 Å². The number of esters is 1. The Bertz CT molecular complexity index is 702. The summed E-state index contributed by atoms with van der Waals surface area (Å²) >= 11 is 0. The van der Waals surface area contributed by atoms with Gasteiger partial charge in [-0.2, -0.15) is 0 Å². The molecule has 0 atom stereocenters. The summed E-state index contributed by atoms with van der Waals surface area (Å²) < 4.78 is 9.76. The van der Waals surface area contributed by atoms with Crippen molar-refractivity contribution in [1.82, 2.24) is 5.32 Å². The Hall–Kier alpha value is -2.86. The van der Waals surface area contributed by atoms with Crippen LogP contribution in [0, 0.1) is 0 Å². The first-order valence-corrected chi connectivity index (χ1v) is 8.42. The van der Waals surface area contributed by atoms with E-state index in [4.69, 9.17) is 4.74 Å². The average Bonchev–Trinajstić information content (AvgIpc) is 2.70. The first-order chi connectivity index (χ1) is 12.7. The van der Waals surface area contributed by atoms with Crippen molar-refractivity contribution in [2.75, 3.05) is 32.3 Å². The molecule has 0 aliphatic heterocycles. The van der Waals surface area contributed by atoms with Crippen LogP contribution >= 0.6 is 0 Å². The van der Waals surface area contributed by atoms with Crippen molar-refractivity contribution >= 4 is 17.7 Å². The maximum Gasteiger partial charge on any atom is 0.337 e. The number of anilines is 1. The summed E-state index contributed by atoms with van der Waals surface area (Å²) in [5.41, 5.74) is 2.21. The van der Waals surface area contributed by atoms with E-state index in [9.17, 15) is 9.59 Å². The van der Waals surface area contributed by atoms with E-state index in [1.165, 1.54) is 7.11 Å². The van der Waals surface area contributed by atoms with E-state index in [1.54, 1.807) is 36.3 Å². The molecule has 2 rings (SSSR count). The average molecular weight is 356 g/mol. The van der Waals surface area contributed by atoms with E-state index in [0.29, 0.717) is 25.3 Å². The van der Waals surface area contributed by atoms with E-state index >= 15 is 0 Å². The lowest BCUT2D eigenvalue weighted by Crippen LogP contribution is -2.40. The molecule has 2 aromatic rings. The molecule has 26 heavy (non-hydrogen) atoms. The predicted octanol–water partition coefficient (Wildman–Crippen LogP) is 3.23. The molecule has 0 aliphatic carbocycles. The number of carbonyl (C=O) groups excluding carboxylic acids is 2. The molecule has 6 heteroatoms. The lowest BCUT2D eigenvalue weighted by Gasteiger charge is -2.23. The number of amides is 2. The highest BCUT2D eigenvalue weighted by Crippen LogP contribution is 2.14. The number of ether oxygens (including phenoxy) is 2. The summed E-state index contributed by atoms with van der Waals surface area (Å²) in [7, 11) is 2.99. The third-order valence-corrected chi connectivity index (χ3v) is 3.86. The van der Waals surface area contributed by atoms with Gasteiger partial charge >= 0.3 is 12.0 Å². The molecule has 0 saturated carbocycles. The van der Waals surface area contributed by atoms with Crippen LogP contribution < -0.4 is 10.2 Å². The van der Waals surface area contributed by atoms with Gasteiger partial charge in [0.1, 0.15) is 0 Å². The molecule has 0 aromatic heterocycles. The van der Waals surface area contributed by atoms with Crippen LogP contribution in [0.2, 0.25) is 0 Å². The second-order valence-corrected chi connectivity index (χ2v) is 5.68. The van der Waals surface area contributed by atoms with Gasteiger partial charge in [-0.05, 0) is 36.2 Å². The number of methoxy groups -OCH3 is 2. The Morgan fingerprint density at radius 1 is 1.00 bits per heavy atom. The summed E-state index contributed by atoms with van der Waals surface area (Å²) in [6.45, 7) is 1.52. The molecule has 0 radical (unpaired) electrons. The summed E-state index contributed by atoms with van der Waals surface area (Å²) in [5, 5.41) is 2.92. The van der Waals surface area contributed by atoms with Crippen LogP contribution in [0.25, 0.3) is 0 Å². The monoisotopic (exact) mass is 356 g/mol. The molecule has 0 fully saturated rings. The normalized spacial score (nSPS) is 10.2. The molecular weight excluding hydrogens is 332 g/mol. The molecule has 0 heterocycles. The van der Waals surface area contributed by atoms with Crippen LogP contribution in [-0.2, 0) is 16.0 Å². The number of benzene rings is 2. The second kappa shape index (κ2) is 10.2. The molecule has 2 aromatic carbocycles. The highest BCUT2D eigenvalue weighted by Gasteiger charge is 2.15. The minimum Gasteiger partial charge on any atom is -0.465 e. The summed E-state index contributed by atoms with van der Waals surface area (Å²) in [4.78, 5) is 25.8. The zero-order valence-electron chi connectivity index (χ0n) is 15.1. The van der Waals surface area contributed by atoms with Crippen molar-refractivity contribution in [2.24, 2.45) is 0 Å². The van der Waals surface area contributed by atoms with Gasteiger partial charge in [0, 0.05) is 32.5 Å². The van der Waals surface area contributed by atoms with Gasteiger partial charge in [0.2, 0.25) is 0 Å². The fourth-order valence-corrected chi connectivity index (χ4v) is 2.47. The van der Waals surface area contributed by atoms with Crippen molar-refractivity contribution in [3.8, 4) is 0 Å². The summed E-state index contributed by atoms with van der Waals surface area (Å²) in [5.74, 6) is -0.381. The van der Waals surface area contributed by atoms with Gasteiger partial charge in [-0.1, -0.05) is 30.3 Å². The molecule has 138 valence electrons. The van der Waals surface area contributed by atoms with E-state index in [1.807, 2.05) is 30.3 Å². The minimum absolute atomic E-state index is 0.177. The van der Waals surface area contributed by atoms with Crippen LogP contribution in [0.4, 0.5) is 10.5 Å². The van der Waals surface area contributed by atoms with E-state index in [-0.39, 0.29) is 12.0 Å². The number of nitrogens with one attached hydrogen (secondary N) is 1. The second-order valence-electron chi connectivity index (χ2n) is 5.68. The van der Waals surface area contributed by atoms with Crippen LogP contribution in [-0.4, -0.2) is 39.4 Å². The molecular formula is C20H24N2O4. The van der Waals surface area contributed by atoms with E-state index in [2.05, 4.69) is 10.1 Å². The zero-order chi connectivity index (χ0) is 18.8. The van der Waals surface area contributed by atoms with E-state index < -0.39 is 0 Å². The van der Waals surface area contributed by atoms with Crippen LogP contribution in [0.1, 0.15) is 22.3 Å². The standard InChI is InChI=1S/C20H24N2O4/c1-25-14-6-13-22(18-7-4-3-5-8-18)20(24)21-15-16-9-11-17(12-10-16)19(23)26-2/h3-5,7-12H,6,13-15H2,1-2H3,(H,21,24). The van der Waals surface area contributed by atoms with Crippen LogP contribution in [0.5, 0.6) is 0 Å². The molecule has 6 nitrogen and oxygen atoms in total. The quantitative estimate of drug-likeness (QED) is 0.582. The van der Waals surface area contributed by atoms with Crippen molar-refractivity contribution in [2.45, 2.75) is 13.0 Å². The summed E-state index contributed by atoms with van der Waals surface area (Å²) in [6, 6.07) is 16.3. The topological polar surface area (TPSA) is 67.9 Å². The number of para-hydroxylation sites is 1. The van der Waals surface area contributed by atoms with Gasteiger partial charge in [0.25, 0.3) is 0 Å². The first kappa shape index (κ1) is 19.5. The van der Waals surface area contributed by atoms with Gasteiger partial charge in [-0.15, -0.1) is 0 Å². The largest absolute Gasteiger partial charge is 0.465 e. The Morgan fingerprint density at radius 2 is 1.69 bits per heavy atom. The van der Waals surface area contributed by atoms with Gasteiger partial charge in [0.15, 0.2) is 0 Å². The molecule has 0 aliphatic rings. The van der Waals surface area contributed by atoms with E-state index in [0.717, 1.165) is 17.7 Å². The van der Waals surface area contributed by atoms with Crippen LogP contribution in [0.3, 0.4) is 0 Å². The molecule has 1 N–H and O–H groups in total. The van der Waals surface area contributed by atoms with Gasteiger partial charge in [0.05, 0.1) is 12.7 Å². The van der Waals surface area contributed by atoms with Crippen LogP contribution in [0.15, 0.2) is 54.6 Å². The van der Waals surface area contributed by atoms with Crippen molar-refractivity contribution < 1.29 is 19.1 Å². The highest BCUT2D eigenvalue weighted by molar-refractivity contribution is 5.92. The zero-order valence-corrected chi connectivity index (χ0v) is 15.1. The number of rotatable bonds is 8. The number of hydrogen-bond donors (Lipinski definition) is 1. The number of hydrogen-bond acceptors (Lipinski definition) is 4. The highest BCUT2D eigenvalue weighted by atomic mass is 16.5. The molecule has 0 saturated heterocycles. The van der Waals surface area contributed by atoms with Gasteiger partial charge < -0.3 is 14.8 Å². The van der Waals surface area contributed by atoms with Gasteiger partial charge in [-0.25, -0.2) is 9.59 Å². The Labute approximate surface area is 153 Å². The molecule has 2 amide bonds. The minimum atomic E-state index is -0.381. The predicted molar refractivity (Wildman–Crippen MR) is 100 cm³/mol. The Kier molecular flexibility index (Phi) is 7.64. The fourth-order valence-electron chi connectivity index (χ4n) is 2.47. The molecule has 0 unspecified atom stereocenters. The third-order valence-electron chi connectivity index (χ3n) is 3.86.